The second-order valence-corrected chi connectivity index (χ2v) is 11.4. The van der Waals surface area contributed by atoms with Crippen molar-refractivity contribution in [1.82, 2.24) is 9.47 Å². The summed E-state index contributed by atoms with van der Waals surface area (Å²) in [6.07, 6.45) is 7.07. The highest BCUT2D eigenvalue weighted by atomic mass is 35.5. The molecule has 0 N–H and O–H groups in total. The molecule has 0 bridgehead atoms. The van der Waals surface area contributed by atoms with Crippen LogP contribution in [0.5, 0.6) is 17.2 Å². The summed E-state index contributed by atoms with van der Waals surface area (Å²) in [5, 5.41) is 2.13. The highest BCUT2D eigenvalue weighted by molar-refractivity contribution is 7.07. The van der Waals surface area contributed by atoms with Gasteiger partial charge in [0.05, 0.1) is 35.0 Å². The van der Waals surface area contributed by atoms with Crippen LogP contribution in [0.2, 0.25) is 5.02 Å². The van der Waals surface area contributed by atoms with E-state index in [4.69, 9.17) is 37.2 Å². The number of nitrogens with zero attached hydrogens (tertiary/aromatic N) is 3. The van der Waals surface area contributed by atoms with E-state index in [0.717, 1.165) is 16.3 Å². The Morgan fingerprint density at radius 2 is 1.86 bits per heavy atom. The Balaban J connectivity index is 1.80. The average molecular weight is 630 g/mol. The lowest BCUT2D eigenvalue weighted by Gasteiger charge is -2.30. The molecule has 1 aromatic heterocycles. The average Bonchev–Trinajstić information content (AvgIpc) is 3.33. The molecule has 3 aromatic carbocycles. The van der Waals surface area contributed by atoms with E-state index in [9.17, 15) is 9.59 Å². The number of amides is 1. The molecule has 0 saturated carbocycles. The van der Waals surface area contributed by atoms with Gasteiger partial charge in [0.2, 0.25) is 0 Å². The summed E-state index contributed by atoms with van der Waals surface area (Å²) in [5.74, 6) is 3.51. The molecule has 1 aliphatic heterocycles. The predicted molar refractivity (Wildman–Crippen MR) is 175 cm³/mol. The van der Waals surface area contributed by atoms with E-state index in [1.807, 2.05) is 57.2 Å². The fourth-order valence-electron chi connectivity index (χ4n) is 5.51. The van der Waals surface area contributed by atoms with Gasteiger partial charge < -0.3 is 19.1 Å². The Hall–Kier alpha value is -4.52. The Kier molecular flexibility index (Phi) is 9.14. The van der Waals surface area contributed by atoms with Gasteiger partial charge in [-0.05, 0) is 61.4 Å². The number of methoxy groups -OCH3 is 2. The highest BCUT2D eigenvalue weighted by Crippen LogP contribution is 2.41. The lowest BCUT2D eigenvalue weighted by Crippen LogP contribution is -2.43. The number of benzene rings is 3. The number of hydrogen-bond acceptors (Lipinski definition) is 7. The number of rotatable bonds is 9. The molecule has 8 nitrogen and oxygen atoms in total. The molecule has 10 heteroatoms. The lowest BCUT2D eigenvalue weighted by molar-refractivity contribution is -0.127. The summed E-state index contributed by atoms with van der Waals surface area (Å²) in [4.78, 5) is 35.5. The molecule has 44 heavy (non-hydrogen) atoms. The molecular weight excluding hydrogens is 598 g/mol. The van der Waals surface area contributed by atoms with Gasteiger partial charge in [0.25, 0.3) is 11.5 Å². The van der Waals surface area contributed by atoms with Crippen LogP contribution in [0.4, 0.5) is 0 Å². The highest BCUT2D eigenvalue weighted by Gasteiger charge is 2.36. The third-order valence-corrected chi connectivity index (χ3v) is 8.84. The summed E-state index contributed by atoms with van der Waals surface area (Å²) in [6.45, 7) is 6.74. The third-order valence-electron chi connectivity index (χ3n) is 7.58. The molecule has 0 radical (unpaired) electrons. The van der Waals surface area contributed by atoms with Gasteiger partial charge in [0, 0.05) is 18.7 Å². The van der Waals surface area contributed by atoms with E-state index in [1.165, 1.54) is 18.4 Å². The molecule has 2 heterocycles. The molecule has 1 aliphatic rings. The molecule has 1 atom stereocenters. The number of carbonyl (C=O) groups is 1. The van der Waals surface area contributed by atoms with Crippen LogP contribution in [0, 0.1) is 12.3 Å². The third kappa shape index (κ3) is 5.47. The summed E-state index contributed by atoms with van der Waals surface area (Å²) < 4.78 is 18.9. The fraction of sp³-hybridized carbons (Fsp3) is 0.265. The number of halogens is 1. The van der Waals surface area contributed by atoms with Gasteiger partial charge in [-0.2, -0.15) is 0 Å². The second kappa shape index (κ2) is 13.0. The van der Waals surface area contributed by atoms with Crippen molar-refractivity contribution in [2.45, 2.75) is 26.8 Å². The Morgan fingerprint density at radius 1 is 1.14 bits per heavy atom. The first-order valence-electron chi connectivity index (χ1n) is 14.1. The van der Waals surface area contributed by atoms with E-state index < -0.39 is 6.04 Å². The zero-order chi connectivity index (χ0) is 31.5. The molecule has 0 saturated heterocycles. The monoisotopic (exact) mass is 629 g/mol. The number of hydrogen-bond donors (Lipinski definition) is 0. The van der Waals surface area contributed by atoms with Gasteiger partial charge in [0.15, 0.2) is 16.3 Å². The van der Waals surface area contributed by atoms with Gasteiger partial charge in [-0.1, -0.05) is 59.2 Å². The van der Waals surface area contributed by atoms with Crippen LogP contribution in [0.1, 0.15) is 37.9 Å². The van der Waals surface area contributed by atoms with Gasteiger partial charge in [-0.25, -0.2) is 4.99 Å². The number of carbonyl (C=O) groups excluding carboxylic acids is 1. The van der Waals surface area contributed by atoms with Gasteiger partial charge >= 0.3 is 0 Å². The Labute approximate surface area is 264 Å². The standard InChI is InChI=1S/C34H32ClN3O5S/c1-7-16-43-31-24(35)17-21(18-26(31)42-6)19-27-32(39)38-30(29-23-13-11-10-12-22(23)14-15-25(29)41-5)28(20(4)36-34(38)44-27)33(40)37(8-2)9-3/h1,10-15,17-19,30H,8-9,16H2,2-6H3/b27-19+/t30-/m1/s1. The van der Waals surface area contributed by atoms with Crippen LogP contribution in [0.3, 0.4) is 0 Å². The first-order valence-corrected chi connectivity index (χ1v) is 15.3. The summed E-state index contributed by atoms with van der Waals surface area (Å²) in [7, 11) is 3.09. The van der Waals surface area contributed by atoms with Crippen LogP contribution < -0.4 is 29.1 Å². The summed E-state index contributed by atoms with van der Waals surface area (Å²) in [6, 6.07) is 14.3. The van der Waals surface area contributed by atoms with Crippen molar-refractivity contribution in [1.29, 1.82) is 0 Å². The van der Waals surface area contributed by atoms with Crippen LogP contribution >= 0.6 is 22.9 Å². The zero-order valence-corrected chi connectivity index (χ0v) is 26.7. The number of likely N-dealkylation sites (N-methyl/N-ethyl adjacent to an activating group) is 1. The number of ether oxygens (including phenoxy) is 3. The quantitative estimate of drug-likeness (QED) is 0.245. The smallest absolute Gasteiger partial charge is 0.271 e. The fourth-order valence-corrected chi connectivity index (χ4v) is 6.83. The van der Waals surface area contributed by atoms with Crippen molar-refractivity contribution in [3.63, 3.8) is 0 Å². The van der Waals surface area contributed by atoms with Crippen molar-refractivity contribution in [3.8, 4) is 29.6 Å². The summed E-state index contributed by atoms with van der Waals surface area (Å²) in [5.41, 5.74) is 2.03. The number of fused-ring (bicyclic) bond motifs is 2. The lowest BCUT2D eigenvalue weighted by atomic mass is 9.90. The van der Waals surface area contributed by atoms with Crippen molar-refractivity contribution in [2.75, 3.05) is 33.9 Å². The number of allylic oxidation sites excluding steroid dienone is 1. The van der Waals surface area contributed by atoms with Crippen LogP contribution in [-0.2, 0) is 4.79 Å². The van der Waals surface area contributed by atoms with E-state index in [2.05, 4.69) is 5.92 Å². The molecular formula is C34H32ClN3O5S. The minimum atomic E-state index is -0.778. The number of thiazole rings is 1. The Morgan fingerprint density at radius 3 is 2.55 bits per heavy atom. The van der Waals surface area contributed by atoms with Gasteiger partial charge in [-0.15, -0.1) is 6.42 Å². The van der Waals surface area contributed by atoms with Crippen LogP contribution in [0.25, 0.3) is 16.8 Å². The van der Waals surface area contributed by atoms with Crippen LogP contribution in [-0.4, -0.2) is 49.3 Å². The van der Waals surface area contributed by atoms with Gasteiger partial charge in [-0.3, -0.25) is 14.2 Å². The molecule has 0 fully saturated rings. The maximum Gasteiger partial charge on any atom is 0.271 e. The normalized spacial score (nSPS) is 14.6. The summed E-state index contributed by atoms with van der Waals surface area (Å²) >= 11 is 7.76. The van der Waals surface area contributed by atoms with Crippen molar-refractivity contribution in [3.05, 3.63) is 95.6 Å². The van der Waals surface area contributed by atoms with Crippen molar-refractivity contribution < 1.29 is 19.0 Å². The first-order chi connectivity index (χ1) is 21.3. The molecule has 1 amide bonds. The molecule has 226 valence electrons. The van der Waals surface area contributed by atoms with E-state index in [0.29, 0.717) is 61.5 Å². The molecule has 0 aliphatic carbocycles. The zero-order valence-electron chi connectivity index (χ0n) is 25.1. The SMILES string of the molecule is C#CCOc1c(Cl)cc(/C=c2/sc3n(c2=O)[C@@H](c2c(OC)ccc4ccccc24)C(C(=O)N(CC)CC)=C(C)N=3)cc1OC. The number of aromatic nitrogens is 1. The van der Waals surface area contributed by atoms with E-state index >= 15 is 0 Å². The van der Waals surface area contributed by atoms with Crippen molar-refractivity contribution >= 4 is 45.7 Å². The first kappa shape index (κ1) is 30.9. The van der Waals surface area contributed by atoms with Crippen molar-refractivity contribution in [2.24, 2.45) is 4.99 Å². The van der Waals surface area contributed by atoms with E-state index in [-0.39, 0.29) is 18.1 Å². The minimum Gasteiger partial charge on any atom is -0.496 e. The minimum absolute atomic E-state index is 0.0273. The van der Waals surface area contributed by atoms with E-state index in [1.54, 1.807) is 34.8 Å². The second-order valence-electron chi connectivity index (χ2n) is 9.99. The maximum absolute atomic E-state index is 14.4. The molecule has 5 rings (SSSR count). The molecule has 0 spiro atoms. The topological polar surface area (TPSA) is 82.4 Å². The predicted octanol–water partition coefficient (Wildman–Crippen LogP) is 4.94. The molecule has 0 unspecified atom stereocenters. The molecule has 4 aromatic rings. The Bertz CT molecular complexity index is 2020. The van der Waals surface area contributed by atoms with Crippen LogP contribution in [0.15, 0.2) is 69.6 Å². The largest absolute Gasteiger partial charge is 0.496 e. The maximum atomic E-state index is 14.4. The number of terminal acetylenes is 1. The van der Waals surface area contributed by atoms with Gasteiger partial charge in [0.1, 0.15) is 18.4 Å².